The number of hydrogen-bond acceptors (Lipinski definition) is 14. The number of aromatic nitrogens is 8. The molecule has 0 radical (unpaired) electrons. The number of rotatable bonds is 31. The number of H-pyrrole nitrogens is 1. The number of fused-ring (bicyclic) bond motifs is 5. The van der Waals surface area contributed by atoms with Crippen LogP contribution in [0.3, 0.4) is 0 Å². The van der Waals surface area contributed by atoms with Crippen LogP contribution in [0.25, 0.3) is 71.6 Å². The Kier molecular flexibility index (Phi) is 34.6. The van der Waals surface area contributed by atoms with E-state index in [1.165, 1.54) is 4.57 Å². The number of carbonyl (C=O) groups is 4. The lowest BCUT2D eigenvalue weighted by Gasteiger charge is -2.32. The highest BCUT2D eigenvalue weighted by Crippen LogP contribution is 2.36. The van der Waals surface area contributed by atoms with Crippen LogP contribution < -0.4 is 31.5 Å². The normalized spacial score (nSPS) is 12.1. The summed E-state index contributed by atoms with van der Waals surface area (Å²) < 4.78 is 21.2. The second-order valence-electron chi connectivity index (χ2n) is 33.7. The first-order valence-corrected chi connectivity index (χ1v) is 48.3. The molecule has 0 bridgehead atoms. The number of alkyl halides is 2. The van der Waals surface area contributed by atoms with E-state index in [4.69, 9.17) is 86.8 Å². The molecule has 23 nitrogen and oxygen atoms in total. The molecule has 0 aliphatic heterocycles. The van der Waals surface area contributed by atoms with E-state index in [9.17, 15) is 33.6 Å². The Bertz CT molecular complexity index is 7280. The molecule has 0 saturated carbocycles. The van der Waals surface area contributed by atoms with Gasteiger partial charge in [-0.05, 0) is 239 Å². The summed E-state index contributed by atoms with van der Waals surface area (Å²) >= 11 is 30.6. The summed E-state index contributed by atoms with van der Waals surface area (Å²) in [5, 5.41) is 8.22. The number of nitrogens with zero attached hydrogens (tertiary/aromatic N) is 11. The van der Waals surface area contributed by atoms with Crippen LogP contribution in [-0.2, 0) is 29.1 Å². The van der Waals surface area contributed by atoms with Crippen molar-refractivity contribution in [2.75, 3.05) is 38.7 Å². The van der Waals surface area contributed by atoms with Crippen LogP contribution in [0, 0.1) is 5.92 Å². The van der Waals surface area contributed by atoms with E-state index in [-0.39, 0.29) is 58.9 Å². The molecule has 4 atom stereocenters. The lowest BCUT2D eigenvalue weighted by atomic mass is 9.94. The first-order chi connectivity index (χ1) is 67.4. The molecule has 11 aromatic carbocycles. The number of pyridine rings is 1. The van der Waals surface area contributed by atoms with Gasteiger partial charge in [-0.3, -0.25) is 42.5 Å². The SMILES string of the molecule is CC(C)CN(C(=O)C(Cl)Cl)C(C)c1nc2ccccc2c(=O)n1-c1ccc(Cl)cc1.CCC(C(=O)N(Cc1ccco1)C(C)c1nc2ccccc2c(=O)n1-c1ccc(Cl)cc1)c1ccccc1.CCCCN(C(=O)c1ccc(OC)cc1)C(CC)c1nc2ccccc2c(=O)n1-c1ccccc1.CCOc1ccc(NC(=O)N(CCc2c[nH]c3ccccc23)Cc2cc3ccccc3nc2Cl)cc1. The highest BCUT2D eigenvalue weighted by atomic mass is 35.5. The minimum Gasteiger partial charge on any atom is -0.497 e. The zero-order valence-corrected chi connectivity index (χ0v) is 82.4. The van der Waals surface area contributed by atoms with Crippen molar-refractivity contribution in [1.82, 2.24) is 58.2 Å². The molecule has 0 spiro atoms. The van der Waals surface area contributed by atoms with Crippen LogP contribution in [0.1, 0.15) is 155 Å². The summed E-state index contributed by atoms with van der Waals surface area (Å²) in [6, 6.07) is 89.5. The fourth-order valence-electron chi connectivity index (χ4n) is 16.9. The Hall–Kier alpha value is -14.2. The Labute approximate surface area is 831 Å². The van der Waals surface area contributed by atoms with Gasteiger partial charge in [0.1, 0.15) is 39.9 Å². The van der Waals surface area contributed by atoms with Crippen molar-refractivity contribution in [2.24, 2.45) is 5.92 Å². The van der Waals surface area contributed by atoms with Gasteiger partial charge in [0, 0.05) is 69.0 Å². The first-order valence-electron chi connectivity index (χ1n) is 46.3. The zero-order valence-electron chi connectivity index (χ0n) is 78.6. The minimum absolute atomic E-state index is 0.0623. The molecule has 712 valence electrons. The van der Waals surface area contributed by atoms with Crippen LogP contribution in [0.4, 0.5) is 10.5 Å². The maximum Gasteiger partial charge on any atom is 0.322 e. The highest BCUT2D eigenvalue weighted by molar-refractivity contribution is 6.53. The second-order valence-corrected chi connectivity index (χ2v) is 36.0. The molecule has 6 heterocycles. The third-order valence-electron chi connectivity index (χ3n) is 24.0. The van der Waals surface area contributed by atoms with Crippen LogP contribution in [0.15, 0.2) is 329 Å². The summed E-state index contributed by atoms with van der Waals surface area (Å²) in [7, 11) is 1.60. The van der Waals surface area contributed by atoms with Crippen molar-refractivity contribution >= 4 is 142 Å². The van der Waals surface area contributed by atoms with Crippen LogP contribution >= 0.6 is 58.0 Å². The van der Waals surface area contributed by atoms with Gasteiger partial charge in [0.25, 0.3) is 28.5 Å². The topological polar surface area (TPSA) is 258 Å². The number of furan rings is 1. The number of para-hydroxylation sites is 6. The monoisotopic (exact) mass is 1960 g/mol. The third kappa shape index (κ3) is 24.3. The molecule has 0 saturated heterocycles. The van der Waals surface area contributed by atoms with E-state index < -0.39 is 22.8 Å². The van der Waals surface area contributed by atoms with Crippen LogP contribution in [-0.4, -0.2) is 120 Å². The zero-order chi connectivity index (χ0) is 98.3. The molecule has 139 heavy (non-hydrogen) atoms. The second kappa shape index (κ2) is 47.7. The standard InChI is InChI=1S/C31H28ClN3O3.C29H27ClN4O2.C29H31N3O3.C22H22Cl3N3O2/c1-3-26(22-10-5-4-6-11-22)30(36)34(20-25-12-9-19-38-25)21(2)29-33-28-14-8-7-13-27(28)31(37)35(29)24-17-15-23(32)16-18-24;1-2-36-24-13-11-23(12-14-24)32-29(35)34(16-15-21-18-31-27-10-6-4-8-25(21)27)19-22-17-20-7-3-5-9-26(20)33-28(22)30;1-4-6-20-31(28(33)21-16-18-23(35-3)19-17-21)26(5-2)27-30-25-15-11-10-14-24(25)29(34)32(27)22-12-8-7-9-13-22;1-13(2)12-27(22(30)19(24)25)14(3)20-26-18-7-5-4-6-17(18)21(29)28(20)16-10-8-15(23)9-11-16/h4-19,21,26H,3,20H2,1-2H3;3-14,17-18,31H,2,15-16,19H2,1H3,(H,32,35);7-19,26H,4-6,20H2,1-3H3;4-11,13-14,19H,12H2,1-3H3. The predicted molar refractivity (Wildman–Crippen MR) is 557 cm³/mol. The predicted octanol–water partition coefficient (Wildman–Crippen LogP) is 25.1. The number of hydrogen-bond donors (Lipinski definition) is 2. The Balaban J connectivity index is 0.000000148. The molecule has 28 heteroatoms. The molecule has 17 rings (SSSR count). The summed E-state index contributed by atoms with van der Waals surface area (Å²) in [4.78, 5) is 123. The smallest absolute Gasteiger partial charge is 0.322 e. The van der Waals surface area contributed by atoms with Crippen molar-refractivity contribution in [3.63, 3.8) is 0 Å². The molecule has 0 aliphatic carbocycles. The number of urea groups is 1. The molecule has 0 aliphatic rings. The van der Waals surface area contributed by atoms with Crippen LogP contribution in [0.2, 0.25) is 15.2 Å². The number of carbonyl (C=O) groups excluding carboxylic acids is 4. The number of amides is 5. The van der Waals surface area contributed by atoms with Crippen molar-refractivity contribution in [3.8, 4) is 28.6 Å². The quantitative estimate of drug-likeness (QED) is 0.0303. The van der Waals surface area contributed by atoms with E-state index >= 15 is 0 Å². The largest absolute Gasteiger partial charge is 0.497 e. The molecule has 17 aromatic rings. The Morgan fingerprint density at radius 1 is 0.482 bits per heavy atom. The first kappa shape index (κ1) is 101. The highest BCUT2D eigenvalue weighted by Gasteiger charge is 2.36. The summed E-state index contributed by atoms with van der Waals surface area (Å²) in [6.07, 6.45) is 7.33. The fraction of sp³-hybridized carbons (Fsp3) is 0.234. The molecular weight excluding hydrogens is 1850 g/mol. The van der Waals surface area contributed by atoms with Gasteiger partial charge < -0.3 is 43.8 Å². The van der Waals surface area contributed by atoms with E-state index in [1.54, 1.807) is 146 Å². The van der Waals surface area contributed by atoms with E-state index in [2.05, 4.69) is 34.3 Å². The molecular formula is C111H108Cl5N13O10. The number of unbranched alkanes of at least 4 members (excludes halogenated alkanes) is 1. The average molecular weight is 1960 g/mol. The average Bonchev–Trinajstić information content (AvgIpc) is 0.904. The van der Waals surface area contributed by atoms with E-state index in [1.807, 2.05) is 235 Å². The summed E-state index contributed by atoms with van der Waals surface area (Å²) in [5.74, 6) is 2.79. The van der Waals surface area contributed by atoms with Gasteiger partial charge in [-0.15, -0.1) is 0 Å². The van der Waals surface area contributed by atoms with Crippen molar-refractivity contribution in [2.45, 2.75) is 129 Å². The van der Waals surface area contributed by atoms with Gasteiger partial charge in [0.2, 0.25) is 5.91 Å². The molecule has 5 amide bonds. The Morgan fingerprint density at radius 2 is 0.986 bits per heavy atom. The molecule has 0 fully saturated rings. The van der Waals surface area contributed by atoms with Gasteiger partial charge in [-0.2, -0.15) is 0 Å². The summed E-state index contributed by atoms with van der Waals surface area (Å²) in [5.41, 5.74) is 9.24. The number of nitrogens with one attached hydrogen (secondary N) is 2. The maximum atomic E-state index is 14.2. The van der Waals surface area contributed by atoms with E-state index in [0.29, 0.717) is 152 Å². The number of benzene rings is 11. The van der Waals surface area contributed by atoms with Crippen molar-refractivity contribution in [1.29, 1.82) is 0 Å². The van der Waals surface area contributed by atoms with Gasteiger partial charge in [-0.1, -0.05) is 220 Å². The summed E-state index contributed by atoms with van der Waals surface area (Å²) in [6.45, 7) is 18.4. The van der Waals surface area contributed by atoms with Crippen molar-refractivity contribution in [3.05, 3.63) is 401 Å². The van der Waals surface area contributed by atoms with Crippen LogP contribution in [0.5, 0.6) is 11.5 Å². The third-order valence-corrected chi connectivity index (χ3v) is 25.2. The van der Waals surface area contributed by atoms with Gasteiger partial charge >= 0.3 is 6.03 Å². The maximum absolute atomic E-state index is 14.2. The lowest BCUT2D eigenvalue weighted by Crippen LogP contribution is -2.41. The number of halogens is 5. The number of methoxy groups -OCH3 is 1. The minimum atomic E-state index is -1.21. The van der Waals surface area contributed by atoms with E-state index in [0.717, 1.165) is 62.8 Å². The fourth-order valence-corrected chi connectivity index (χ4v) is 17.6. The molecule has 4 unspecified atom stereocenters. The number of aromatic amines is 1. The van der Waals surface area contributed by atoms with Gasteiger partial charge in [0.15, 0.2) is 4.84 Å². The van der Waals surface area contributed by atoms with Gasteiger partial charge in [0.05, 0.1) is 112 Å². The van der Waals surface area contributed by atoms with Gasteiger partial charge in [-0.25, -0.2) is 24.7 Å². The number of anilines is 1. The molecule has 6 aromatic heterocycles. The Morgan fingerprint density at radius 3 is 1.51 bits per heavy atom. The van der Waals surface area contributed by atoms with Crippen molar-refractivity contribution < 1.29 is 33.1 Å². The number of ether oxygens (including phenoxy) is 2. The lowest BCUT2D eigenvalue weighted by molar-refractivity contribution is -0.136. The molecule has 2 N–H and O–H groups in total.